The van der Waals surface area contributed by atoms with Gasteiger partial charge in [0.25, 0.3) is 0 Å². The highest BCUT2D eigenvalue weighted by atomic mass is 16.3. The Hall–Kier alpha value is -1.39. The van der Waals surface area contributed by atoms with Crippen molar-refractivity contribution in [3.63, 3.8) is 0 Å². The topological polar surface area (TPSA) is 60.9 Å². The number of benzene rings is 1. The van der Waals surface area contributed by atoms with Gasteiger partial charge in [-0.15, -0.1) is 0 Å². The van der Waals surface area contributed by atoms with Gasteiger partial charge in [0.2, 0.25) is 0 Å². The van der Waals surface area contributed by atoms with E-state index in [0.717, 1.165) is 22.4 Å². The lowest BCUT2D eigenvalue weighted by Gasteiger charge is -2.28. The number of hydrogen-bond acceptors (Lipinski definition) is 3. The number of nitrogens with zero attached hydrogens (tertiary/aromatic N) is 1. The van der Waals surface area contributed by atoms with Gasteiger partial charge in [0.15, 0.2) is 0 Å². The molecular formula is C15H21N3O. The first-order valence-electron chi connectivity index (χ1n) is 6.93. The molecule has 1 saturated carbocycles. The van der Waals surface area contributed by atoms with E-state index in [9.17, 15) is 5.11 Å². The third-order valence-electron chi connectivity index (χ3n) is 4.23. The molecule has 0 bridgehead atoms. The van der Waals surface area contributed by atoms with E-state index in [0.29, 0.717) is 6.54 Å². The molecule has 1 heterocycles. The molecule has 0 aliphatic heterocycles. The summed E-state index contributed by atoms with van der Waals surface area (Å²) in [6.07, 6.45) is 3.88. The Morgan fingerprint density at radius 1 is 1.47 bits per heavy atom. The van der Waals surface area contributed by atoms with Gasteiger partial charge in [-0.05, 0) is 44.2 Å². The maximum absolute atomic E-state index is 10.4. The molecule has 1 aromatic heterocycles. The van der Waals surface area contributed by atoms with Crippen molar-refractivity contribution in [1.29, 1.82) is 0 Å². The van der Waals surface area contributed by atoms with E-state index in [1.807, 2.05) is 18.2 Å². The molecular weight excluding hydrogens is 238 g/mol. The van der Waals surface area contributed by atoms with Gasteiger partial charge < -0.3 is 10.4 Å². The summed E-state index contributed by atoms with van der Waals surface area (Å²) >= 11 is 0. The molecule has 1 aromatic carbocycles. The van der Waals surface area contributed by atoms with Gasteiger partial charge in [0.1, 0.15) is 0 Å². The standard InChI is InChI=1S/C15H21N3O/c1-15(2,10-6-7-10)16-9-14(19)11-4-3-5-13-12(11)8-17-18-13/h3-5,8,10,14,16,19H,6-7,9H2,1-2H3,(H,17,18)/t14-/m0/s1. The first-order valence-corrected chi connectivity index (χ1v) is 6.93. The van der Waals surface area contributed by atoms with Gasteiger partial charge in [-0.25, -0.2) is 0 Å². The molecule has 0 unspecified atom stereocenters. The molecule has 19 heavy (non-hydrogen) atoms. The van der Waals surface area contributed by atoms with Crippen molar-refractivity contribution in [3.8, 4) is 0 Å². The van der Waals surface area contributed by atoms with Gasteiger partial charge >= 0.3 is 0 Å². The van der Waals surface area contributed by atoms with E-state index in [-0.39, 0.29) is 5.54 Å². The number of nitrogens with one attached hydrogen (secondary N) is 2. The van der Waals surface area contributed by atoms with Crippen LogP contribution in [0.15, 0.2) is 24.4 Å². The molecule has 0 radical (unpaired) electrons. The van der Waals surface area contributed by atoms with Crippen molar-refractivity contribution in [3.05, 3.63) is 30.0 Å². The summed E-state index contributed by atoms with van der Waals surface area (Å²) in [6, 6.07) is 5.89. The summed E-state index contributed by atoms with van der Waals surface area (Å²) in [5.41, 5.74) is 2.02. The van der Waals surface area contributed by atoms with Crippen LogP contribution in [0.3, 0.4) is 0 Å². The summed E-state index contributed by atoms with van der Waals surface area (Å²) in [6.45, 7) is 5.01. The largest absolute Gasteiger partial charge is 0.387 e. The molecule has 1 aliphatic rings. The summed E-state index contributed by atoms with van der Waals surface area (Å²) < 4.78 is 0. The van der Waals surface area contributed by atoms with Gasteiger partial charge in [-0.2, -0.15) is 5.10 Å². The van der Waals surface area contributed by atoms with Crippen LogP contribution in [0.25, 0.3) is 10.9 Å². The highest BCUT2D eigenvalue weighted by Gasteiger charge is 2.37. The van der Waals surface area contributed by atoms with E-state index in [4.69, 9.17) is 0 Å². The lowest BCUT2D eigenvalue weighted by atomic mass is 9.97. The quantitative estimate of drug-likeness (QED) is 0.772. The fourth-order valence-electron chi connectivity index (χ4n) is 2.70. The minimum absolute atomic E-state index is 0.116. The first-order chi connectivity index (χ1) is 9.08. The second-order valence-corrected chi connectivity index (χ2v) is 6.07. The summed E-state index contributed by atoms with van der Waals surface area (Å²) in [5.74, 6) is 0.754. The van der Waals surface area contributed by atoms with Crippen LogP contribution in [-0.4, -0.2) is 27.4 Å². The molecule has 102 valence electrons. The average Bonchev–Trinajstić information content (AvgIpc) is 3.15. The van der Waals surface area contributed by atoms with Gasteiger partial charge in [-0.3, -0.25) is 5.10 Å². The zero-order valence-electron chi connectivity index (χ0n) is 11.5. The van der Waals surface area contributed by atoms with Gasteiger partial charge in [0, 0.05) is 17.5 Å². The number of β-amino-alcohol motifs (C(OH)–C–C–N with tert-alkyl or cyclic N) is 1. The second kappa shape index (κ2) is 4.62. The number of aromatic amines is 1. The third kappa shape index (κ3) is 2.51. The summed E-state index contributed by atoms with van der Waals surface area (Å²) in [5, 5.41) is 21.9. The average molecular weight is 259 g/mol. The lowest BCUT2D eigenvalue weighted by molar-refractivity contribution is 0.158. The lowest BCUT2D eigenvalue weighted by Crippen LogP contribution is -2.43. The number of fused-ring (bicyclic) bond motifs is 1. The summed E-state index contributed by atoms with van der Waals surface area (Å²) in [4.78, 5) is 0. The predicted molar refractivity (Wildman–Crippen MR) is 75.9 cm³/mol. The highest BCUT2D eigenvalue weighted by molar-refractivity contribution is 5.81. The van der Waals surface area contributed by atoms with E-state index >= 15 is 0 Å². The van der Waals surface area contributed by atoms with Crippen molar-refractivity contribution < 1.29 is 5.11 Å². The molecule has 0 spiro atoms. The van der Waals surface area contributed by atoms with Crippen LogP contribution in [0.4, 0.5) is 0 Å². The number of hydrogen-bond donors (Lipinski definition) is 3. The van der Waals surface area contributed by atoms with Crippen molar-refractivity contribution >= 4 is 10.9 Å². The fraction of sp³-hybridized carbons (Fsp3) is 0.533. The van der Waals surface area contributed by atoms with E-state index < -0.39 is 6.10 Å². The number of rotatable bonds is 5. The van der Waals surface area contributed by atoms with Crippen molar-refractivity contribution in [2.75, 3.05) is 6.54 Å². The molecule has 1 aliphatic carbocycles. The zero-order chi connectivity index (χ0) is 13.5. The van der Waals surface area contributed by atoms with Crippen molar-refractivity contribution in [1.82, 2.24) is 15.5 Å². The van der Waals surface area contributed by atoms with Crippen LogP contribution in [-0.2, 0) is 0 Å². The Morgan fingerprint density at radius 2 is 2.26 bits per heavy atom. The Labute approximate surface area is 113 Å². The molecule has 0 amide bonds. The monoisotopic (exact) mass is 259 g/mol. The van der Waals surface area contributed by atoms with Crippen LogP contribution in [0.1, 0.15) is 38.4 Å². The maximum atomic E-state index is 10.4. The smallest absolute Gasteiger partial charge is 0.0921 e. The Kier molecular flexibility index (Phi) is 3.07. The van der Waals surface area contributed by atoms with Crippen LogP contribution in [0.5, 0.6) is 0 Å². The molecule has 4 nitrogen and oxygen atoms in total. The predicted octanol–water partition coefficient (Wildman–Crippen LogP) is 2.37. The Morgan fingerprint density at radius 3 is 3.00 bits per heavy atom. The van der Waals surface area contributed by atoms with Crippen LogP contribution in [0.2, 0.25) is 0 Å². The normalized spacial score (nSPS) is 17.8. The number of aliphatic hydroxyl groups is 1. The molecule has 2 aromatic rings. The van der Waals surface area contributed by atoms with E-state index in [1.54, 1.807) is 6.20 Å². The van der Waals surface area contributed by atoms with E-state index in [2.05, 4.69) is 29.4 Å². The SMILES string of the molecule is CC(C)(NC[C@H](O)c1cccc2[nH]ncc12)C1CC1. The van der Waals surface area contributed by atoms with Crippen molar-refractivity contribution in [2.24, 2.45) is 5.92 Å². The van der Waals surface area contributed by atoms with Gasteiger partial charge in [0.05, 0.1) is 17.8 Å². The minimum Gasteiger partial charge on any atom is -0.387 e. The molecule has 4 heteroatoms. The fourth-order valence-corrected chi connectivity index (χ4v) is 2.70. The summed E-state index contributed by atoms with van der Waals surface area (Å²) in [7, 11) is 0. The minimum atomic E-state index is -0.501. The second-order valence-electron chi connectivity index (χ2n) is 6.07. The maximum Gasteiger partial charge on any atom is 0.0921 e. The molecule has 1 fully saturated rings. The third-order valence-corrected chi connectivity index (χ3v) is 4.23. The zero-order valence-corrected chi connectivity index (χ0v) is 11.5. The van der Waals surface area contributed by atoms with Crippen molar-refractivity contribution in [2.45, 2.75) is 38.3 Å². The van der Waals surface area contributed by atoms with Gasteiger partial charge in [-0.1, -0.05) is 12.1 Å². The number of aliphatic hydroxyl groups excluding tert-OH is 1. The number of H-pyrrole nitrogens is 1. The van der Waals surface area contributed by atoms with Crippen LogP contribution in [0, 0.1) is 5.92 Å². The molecule has 3 N–H and O–H groups in total. The van der Waals surface area contributed by atoms with E-state index in [1.165, 1.54) is 12.8 Å². The molecule has 3 rings (SSSR count). The molecule has 0 saturated heterocycles. The first kappa shape index (κ1) is 12.6. The Bertz CT molecular complexity index is 572. The van der Waals surface area contributed by atoms with Crippen LogP contribution >= 0.6 is 0 Å². The highest BCUT2D eigenvalue weighted by Crippen LogP contribution is 2.39. The molecule has 1 atom stereocenters. The van der Waals surface area contributed by atoms with Crippen LogP contribution < -0.4 is 5.32 Å². The Balaban J connectivity index is 1.73. The number of aromatic nitrogens is 2.